The van der Waals surface area contributed by atoms with E-state index in [1.165, 1.54) is 6.08 Å². The molecule has 3 aromatic rings. The molecule has 3 atom stereocenters. The van der Waals surface area contributed by atoms with Gasteiger partial charge >= 0.3 is 6.09 Å². The number of alkyl carbamates (subject to hydrolysis) is 1. The molecule has 0 fully saturated rings. The molecule has 0 radical (unpaired) electrons. The third-order valence-electron chi connectivity index (χ3n) is 6.84. The van der Waals surface area contributed by atoms with Gasteiger partial charge in [-0.3, -0.25) is 4.79 Å². The summed E-state index contributed by atoms with van der Waals surface area (Å²) in [7, 11) is 0. The van der Waals surface area contributed by atoms with Crippen LogP contribution in [0.3, 0.4) is 0 Å². The second kappa shape index (κ2) is 13.3. The lowest BCUT2D eigenvalue weighted by Crippen LogP contribution is -2.54. The first-order valence-corrected chi connectivity index (χ1v) is 14.1. The fourth-order valence-corrected chi connectivity index (χ4v) is 5.73. The maximum Gasteiger partial charge on any atom is 0.407 e. The van der Waals surface area contributed by atoms with Crippen LogP contribution in [0.1, 0.15) is 43.4 Å². The second-order valence-corrected chi connectivity index (χ2v) is 11.2. The maximum absolute atomic E-state index is 13.3. The van der Waals surface area contributed by atoms with Gasteiger partial charge in [-0.1, -0.05) is 99.6 Å². The summed E-state index contributed by atoms with van der Waals surface area (Å²) >= 11 is 1.54. The lowest BCUT2D eigenvalue weighted by atomic mass is 9.98. The van der Waals surface area contributed by atoms with E-state index in [4.69, 9.17) is 4.74 Å². The average Bonchev–Trinajstić information content (AvgIpc) is 3.27. The van der Waals surface area contributed by atoms with Crippen LogP contribution in [0, 0.1) is 5.92 Å². The molecule has 1 unspecified atom stereocenters. The Kier molecular flexibility index (Phi) is 9.58. The Morgan fingerprint density at radius 3 is 2.08 bits per heavy atom. The van der Waals surface area contributed by atoms with Gasteiger partial charge in [0.1, 0.15) is 18.8 Å². The second-order valence-electron chi connectivity index (χ2n) is 9.87. The van der Waals surface area contributed by atoms with Gasteiger partial charge in [0, 0.05) is 16.9 Å². The van der Waals surface area contributed by atoms with Crippen molar-refractivity contribution in [3.8, 4) is 11.1 Å². The molecule has 0 aliphatic heterocycles. The SMILES string of the molecule is CC(SCc1ccccc1)[C@H](NC(=O)OCC1c2ccccc2-c2ccccc21)C(=O)N[C@H](N=C=O)C(C)C. The quantitative estimate of drug-likeness (QED) is 0.241. The lowest BCUT2D eigenvalue weighted by molar-refractivity contribution is -0.123. The van der Waals surface area contributed by atoms with Crippen molar-refractivity contribution in [1.29, 1.82) is 0 Å². The van der Waals surface area contributed by atoms with E-state index in [2.05, 4.69) is 39.9 Å². The zero-order valence-electron chi connectivity index (χ0n) is 22.3. The molecule has 0 heterocycles. The fraction of sp³-hybridized carbons (Fsp3) is 0.323. The highest BCUT2D eigenvalue weighted by atomic mass is 32.2. The molecule has 0 bridgehead atoms. The minimum atomic E-state index is -0.905. The van der Waals surface area contributed by atoms with Crippen LogP contribution in [0.2, 0.25) is 0 Å². The third-order valence-corrected chi connectivity index (χ3v) is 8.14. The number of rotatable bonds is 11. The molecule has 3 aromatic carbocycles. The van der Waals surface area contributed by atoms with E-state index in [-0.39, 0.29) is 23.7 Å². The van der Waals surface area contributed by atoms with Gasteiger partial charge in [-0.05, 0) is 33.7 Å². The predicted molar refractivity (Wildman–Crippen MR) is 154 cm³/mol. The molecule has 39 heavy (non-hydrogen) atoms. The van der Waals surface area contributed by atoms with E-state index in [1.807, 2.05) is 75.4 Å². The normalized spacial score (nSPS) is 14.4. The van der Waals surface area contributed by atoms with E-state index in [9.17, 15) is 14.4 Å². The van der Waals surface area contributed by atoms with Crippen molar-refractivity contribution in [3.63, 3.8) is 0 Å². The molecule has 0 saturated heterocycles. The van der Waals surface area contributed by atoms with Crippen molar-refractivity contribution in [3.05, 3.63) is 95.6 Å². The summed E-state index contributed by atoms with van der Waals surface area (Å²) in [5.74, 6) is 0.0118. The minimum Gasteiger partial charge on any atom is -0.449 e. The first-order valence-electron chi connectivity index (χ1n) is 13.0. The lowest BCUT2D eigenvalue weighted by Gasteiger charge is -2.26. The summed E-state index contributed by atoms with van der Waals surface area (Å²) in [6, 6.07) is 25.2. The number of nitrogens with zero attached hydrogens (tertiary/aromatic N) is 1. The Bertz CT molecular complexity index is 1290. The Morgan fingerprint density at radius 1 is 0.897 bits per heavy atom. The van der Waals surface area contributed by atoms with Gasteiger partial charge in [0.05, 0.1) is 0 Å². The largest absolute Gasteiger partial charge is 0.449 e. The molecule has 4 rings (SSSR count). The molecule has 2 N–H and O–H groups in total. The number of hydrogen-bond acceptors (Lipinski definition) is 6. The van der Waals surface area contributed by atoms with Crippen molar-refractivity contribution < 1.29 is 19.1 Å². The number of isocyanates is 1. The van der Waals surface area contributed by atoms with E-state index in [0.717, 1.165) is 27.8 Å². The van der Waals surface area contributed by atoms with Gasteiger partial charge in [-0.25, -0.2) is 9.59 Å². The topological polar surface area (TPSA) is 96.9 Å². The summed E-state index contributed by atoms with van der Waals surface area (Å²) in [4.78, 5) is 41.0. The number of aliphatic imine (C=N–C) groups is 1. The van der Waals surface area contributed by atoms with Gasteiger partial charge in [0.15, 0.2) is 0 Å². The van der Waals surface area contributed by atoms with E-state index in [0.29, 0.717) is 5.75 Å². The summed E-state index contributed by atoms with van der Waals surface area (Å²) < 4.78 is 5.71. The van der Waals surface area contributed by atoms with Gasteiger partial charge in [-0.2, -0.15) is 16.8 Å². The van der Waals surface area contributed by atoms with Crippen LogP contribution < -0.4 is 10.6 Å². The van der Waals surface area contributed by atoms with Crippen LogP contribution in [0.25, 0.3) is 11.1 Å². The van der Waals surface area contributed by atoms with Gasteiger partial charge < -0.3 is 15.4 Å². The van der Waals surface area contributed by atoms with Crippen LogP contribution in [0.5, 0.6) is 0 Å². The molecule has 0 spiro atoms. The Labute approximate surface area is 233 Å². The van der Waals surface area contributed by atoms with E-state index >= 15 is 0 Å². The van der Waals surface area contributed by atoms with E-state index in [1.54, 1.807) is 11.8 Å². The molecule has 8 heteroatoms. The van der Waals surface area contributed by atoms with Crippen LogP contribution in [0.15, 0.2) is 83.9 Å². The predicted octanol–water partition coefficient (Wildman–Crippen LogP) is 5.65. The number of carbonyl (C=O) groups is 2. The molecule has 0 saturated carbocycles. The van der Waals surface area contributed by atoms with Crippen molar-refractivity contribution in [2.75, 3.05) is 6.61 Å². The molecule has 0 aromatic heterocycles. The number of nitrogens with one attached hydrogen (secondary N) is 2. The third kappa shape index (κ3) is 6.96. The number of thioether (sulfide) groups is 1. The van der Waals surface area contributed by atoms with Crippen LogP contribution >= 0.6 is 11.8 Å². The Balaban J connectivity index is 1.46. The standard InChI is InChI=1S/C31H33N3O4S/c1-20(2)29(32-19-35)34-30(36)28(21(3)39-18-22-11-5-4-6-12-22)33-31(37)38-17-27-25-15-9-7-13-23(25)24-14-8-10-16-26(24)27/h4-16,20-21,27-29H,17-18H2,1-3H3,(H,33,37)(H,34,36)/t21?,28-,29-/m0/s1. The van der Waals surface area contributed by atoms with E-state index < -0.39 is 24.2 Å². The highest BCUT2D eigenvalue weighted by Gasteiger charge is 2.32. The first-order chi connectivity index (χ1) is 18.9. The molecule has 2 amide bonds. The molecule has 1 aliphatic rings. The van der Waals surface area contributed by atoms with Gasteiger partial charge in [0.2, 0.25) is 12.0 Å². The number of ether oxygens (including phenoxy) is 1. The summed E-state index contributed by atoms with van der Waals surface area (Å²) in [6.45, 7) is 5.71. The van der Waals surface area contributed by atoms with Crippen LogP contribution in [0.4, 0.5) is 4.79 Å². The zero-order valence-corrected chi connectivity index (χ0v) is 23.1. The summed E-state index contributed by atoms with van der Waals surface area (Å²) in [6.07, 6.45) is 0.102. The average molecular weight is 544 g/mol. The van der Waals surface area contributed by atoms with Crippen molar-refractivity contribution in [2.45, 2.75) is 49.9 Å². The summed E-state index contributed by atoms with van der Waals surface area (Å²) in [5, 5.41) is 5.26. The first kappa shape index (κ1) is 28.1. The molecule has 1 aliphatic carbocycles. The Hall–Kier alpha value is -3.87. The number of carbonyl (C=O) groups excluding carboxylic acids is 3. The fourth-order valence-electron chi connectivity index (χ4n) is 4.70. The minimum absolute atomic E-state index is 0.0902. The summed E-state index contributed by atoms with van der Waals surface area (Å²) in [5.41, 5.74) is 5.61. The number of benzene rings is 3. The van der Waals surface area contributed by atoms with Crippen LogP contribution in [-0.4, -0.2) is 42.1 Å². The zero-order chi connectivity index (χ0) is 27.8. The van der Waals surface area contributed by atoms with Gasteiger partial charge in [-0.15, -0.1) is 0 Å². The smallest absolute Gasteiger partial charge is 0.407 e. The molecule has 7 nitrogen and oxygen atoms in total. The van der Waals surface area contributed by atoms with Gasteiger partial charge in [0.25, 0.3) is 0 Å². The Morgan fingerprint density at radius 2 is 1.49 bits per heavy atom. The van der Waals surface area contributed by atoms with Crippen LogP contribution in [-0.2, 0) is 20.1 Å². The molecular formula is C31H33N3O4S. The number of hydrogen-bond donors (Lipinski definition) is 2. The highest BCUT2D eigenvalue weighted by molar-refractivity contribution is 7.99. The number of fused-ring (bicyclic) bond motifs is 3. The highest BCUT2D eigenvalue weighted by Crippen LogP contribution is 2.44. The molecule has 202 valence electrons. The van der Waals surface area contributed by atoms with Crippen molar-refractivity contribution in [1.82, 2.24) is 10.6 Å². The molecular weight excluding hydrogens is 510 g/mol. The maximum atomic E-state index is 13.3. The van der Waals surface area contributed by atoms with Crippen molar-refractivity contribution >= 4 is 29.8 Å². The number of amides is 2. The van der Waals surface area contributed by atoms with Crippen molar-refractivity contribution in [2.24, 2.45) is 10.9 Å². The monoisotopic (exact) mass is 543 g/mol.